The van der Waals surface area contributed by atoms with Crippen LogP contribution in [0.3, 0.4) is 0 Å². The van der Waals surface area contributed by atoms with E-state index in [1.807, 2.05) is 71.4 Å². The molecule has 0 saturated heterocycles. The summed E-state index contributed by atoms with van der Waals surface area (Å²) in [5, 5.41) is 13.6. The van der Waals surface area contributed by atoms with Gasteiger partial charge < -0.3 is 5.11 Å². The molecule has 62 heavy (non-hydrogen) atoms. The molecular formula is C58H55N3O. The van der Waals surface area contributed by atoms with Gasteiger partial charge in [-0.2, -0.15) is 0 Å². The Bertz CT molecular complexity index is 3400. The van der Waals surface area contributed by atoms with Gasteiger partial charge in [0.25, 0.3) is 0 Å². The van der Waals surface area contributed by atoms with Crippen molar-refractivity contribution < 1.29 is 12.0 Å². The molecule has 9 rings (SSSR count). The zero-order valence-corrected chi connectivity index (χ0v) is 37.0. The average Bonchev–Trinajstić information content (AvgIpc) is 3.68. The molecule has 2 heterocycles. The van der Waals surface area contributed by atoms with Crippen molar-refractivity contribution in [1.82, 2.24) is 14.5 Å². The first-order chi connectivity index (χ1) is 31.6. The minimum atomic E-state index is -0.456. The molecule has 0 aliphatic rings. The van der Waals surface area contributed by atoms with E-state index in [-0.39, 0.29) is 34.2 Å². The van der Waals surface area contributed by atoms with Gasteiger partial charge in [-0.3, -0.25) is 9.55 Å². The minimum Gasteiger partial charge on any atom is -0.507 e. The molecule has 0 fully saturated rings. The molecule has 9 aromatic rings. The summed E-state index contributed by atoms with van der Waals surface area (Å²) in [6.07, 6.45) is 1.83. The van der Waals surface area contributed by atoms with Crippen LogP contribution in [0, 0.1) is 0 Å². The maximum absolute atomic E-state index is 12.5. The van der Waals surface area contributed by atoms with Gasteiger partial charge in [-0.25, -0.2) is 4.98 Å². The molecule has 0 saturated carbocycles. The molecule has 0 unspecified atom stereocenters. The normalized spacial score (nSPS) is 13.5. The number of hydrogen-bond acceptors (Lipinski definition) is 3. The van der Waals surface area contributed by atoms with Gasteiger partial charge in [0.1, 0.15) is 11.6 Å². The first-order valence-corrected chi connectivity index (χ1v) is 21.3. The van der Waals surface area contributed by atoms with Crippen LogP contribution < -0.4 is 0 Å². The number of aromatic nitrogens is 3. The van der Waals surface area contributed by atoms with Gasteiger partial charge in [-0.05, 0) is 104 Å². The summed E-state index contributed by atoms with van der Waals surface area (Å²) in [6.45, 7) is 19.0. The summed E-state index contributed by atoms with van der Waals surface area (Å²) >= 11 is 0. The third-order valence-electron chi connectivity index (χ3n) is 11.9. The van der Waals surface area contributed by atoms with Crippen molar-refractivity contribution in [3.05, 3.63) is 180 Å². The Morgan fingerprint density at radius 1 is 0.500 bits per heavy atom. The van der Waals surface area contributed by atoms with Crippen LogP contribution in [0.1, 0.15) is 85.9 Å². The topological polar surface area (TPSA) is 50.9 Å². The van der Waals surface area contributed by atoms with Gasteiger partial charge in [-0.15, -0.1) is 0 Å². The van der Waals surface area contributed by atoms with E-state index in [0.29, 0.717) is 33.7 Å². The van der Waals surface area contributed by atoms with Gasteiger partial charge in [0.15, 0.2) is 0 Å². The van der Waals surface area contributed by atoms with Crippen LogP contribution in [0.4, 0.5) is 0 Å². The molecule has 4 heteroatoms. The molecule has 4 nitrogen and oxygen atoms in total. The largest absolute Gasteiger partial charge is 0.507 e. The SMILES string of the molecule is [2H]c1c([2H])c([2H])c(-c2cc(C(C)(C)C)ccc2-n2c(-c3cc(C(C)(C)C)cc(C(C)(C)C)c3O)nc3c(-c4cccc(-c5cc(-c6ccccc6)cc6cccnc56)c4)cccc32)c([2H])c1[2H]. The highest BCUT2D eigenvalue weighted by Gasteiger charge is 2.29. The predicted molar refractivity (Wildman–Crippen MR) is 261 cm³/mol. The number of hydrogen-bond donors (Lipinski definition) is 1. The zero-order valence-electron chi connectivity index (χ0n) is 42.0. The Morgan fingerprint density at radius 3 is 1.89 bits per heavy atom. The Morgan fingerprint density at radius 2 is 1.18 bits per heavy atom. The van der Waals surface area contributed by atoms with Gasteiger partial charge in [0, 0.05) is 33.8 Å². The molecule has 1 N–H and O–H groups in total. The van der Waals surface area contributed by atoms with E-state index in [0.717, 1.165) is 61.0 Å². The van der Waals surface area contributed by atoms with E-state index in [1.165, 1.54) is 0 Å². The molecule has 0 bridgehead atoms. The fraction of sp³-hybridized carbons (Fsp3) is 0.207. The van der Waals surface area contributed by atoms with Gasteiger partial charge >= 0.3 is 0 Å². The molecule has 308 valence electrons. The fourth-order valence-corrected chi connectivity index (χ4v) is 8.41. The average molecular weight is 815 g/mol. The number of aromatic hydroxyl groups is 1. The van der Waals surface area contributed by atoms with E-state index in [9.17, 15) is 7.85 Å². The van der Waals surface area contributed by atoms with Crippen LogP contribution in [-0.2, 0) is 16.2 Å². The third kappa shape index (κ3) is 7.49. The lowest BCUT2D eigenvalue weighted by molar-refractivity contribution is 0.446. The van der Waals surface area contributed by atoms with Gasteiger partial charge in [-0.1, -0.05) is 171 Å². The van der Waals surface area contributed by atoms with Crippen molar-refractivity contribution in [1.29, 1.82) is 0 Å². The fourth-order valence-electron chi connectivity index (χ4n) is 8.41. The number of nitrogens with zero attached hydrogens (tertiary/aromatic N) is 3. The lowest BCUT2D eigenvalue weighted by Crippen LogP contribution is -2.17. The lowest BCUT2D eigenvalue weighted by atomic mass is 9.79. The summed E-state index contributed by atoms with van der Waals surface area (Å²) in [5.41, 5.74) is 11.5. The van der Waals surface area contributed by atoms with Crippen molar-refractivity contribution in [3.8, 4) is 67.3 Å². The molecule has 2 aromatic heterocycles. The summed E-state index contributed by atoms with van der Waals surface area (Å²) in [6, 6.07) is 41.4. The second-order valence-electron chi connectivity index (χ2n) is 19.4. The Kier molecular flexibility index (Phi) is 8.60. The van der Waals surface area contributed by atoms with Crippen molar-refractivity contribution in [2.24, 2.45) is 0 Å². The Labute approximate surface area is 373 Å². The first kappa shape index (κ1) is 34.9. The van der Waals surface area contributed by atoms with Crippen molar-refractivity contribution in [2.75, 3.05) is 0 Å². The summed E-state index contributed by atoms with van der Waals surface area (Å²) < 4.78 is 46.4. The Hall–Kier alpha value is -6.78. The van der Waals surface area contributed by atoms with E-state index < -0.39 is 23.5 Å². The number of para-hydroxylation sites is 1. The monoisotopic (exact) mass is 814 g/mol. The van der Waals surface area contributed by atoms with E-state index >= 15 is 0 Å². The first-order valence-electron chi connectivity index (χ1n) is 23.8. The van der Waals surface area contributed by atoms with Crippen LogP contribution in [0.15, 0.2) is 164 Å². The molecule has 0 aliphatic heterocycles. The minimum absolute atomic E-state index is 0.0883. The highest BCUT2D eigenvalue weighted by Crippen LogP contribution is 2.46. The maximum atomic E-state index is 12.5. The van der Waals surface area contributed by atoms with Crippen LogP contribution in [0.5, 0.6) is 5.75 Å². The number of phenolic OH excluding ortho intramolecular Hbond substituents is 1. The number of phenols is 1. The third-order valence-corrected chi connectivity index (χ3v) is 11.9. The molecule has 0 spiro atoms. The summed E-state index contributed by atoms with van der Waals surface area (Å²) in [4.78, 5) is 10.4. The van der Waals surface area contributed by atoms with Gasteiger partial charge in [0.05, 0.1) is 34.7 Å². The van der Waals surface area contributed by atoms with Gasteiger partial charge in [0.2, 0.25) is 0 Å². The maximum Gasteiger partial charge on any atom is 0.149 e. The van der Waals surface area contributed by atoms with Crippen LogP contribution in [0.2, 0.25) is 0 Å². The zero-order chi connectivity index (χ0) is 47.9. The van der Waals surface area contributed by atoms with E-state index in [1.54, 1.807) is 0 Å². The van der Waals surface area contributed by atoms with Crippen molar-refractivity contribution in [2.45, 2.75) is 78.6 Å². The number of fused-ring (bicyclic) bond motifs is 2. The van der Waals surface area contributed by atoms with Crippen molar-refractivity contribution in [3.63, 3.8) is 0 Å². The van der Waals surface area contributed by atoms with Crippen LogP contribution in [-0.4, -0.2) is 19.6 Å². The smallest absolute Gasteiger partial charge is 0.149 e. The molecule has 0 amide bonds. The highest BCUT2D eigenvalue weighted by molar-refractivity contribution is 6.01. The molecular weight excluding hydrogens is 755 g/mol. The van der Waals surface area contributed by atoms with E-state index in [4.69, 9.17) is 14.1 Å². The molecule has 7 aromatic carbocycles. The number of rotatable bonds is 6. The van der Waals surface area contributed by atoms with E-state index in [2.05, 4.69) is 129 Å². The highest BCUT2D eigenvalue weighted by atomic mass is 16.3. The molecule has 0 aliphatic carbocycles. The summed E-state index contributed by atoms with van der Waals surface area (Å²) in [5.74, 6) is 0.560. The van der Waals surface area contributed by atoms with Crippen LogP contribution >= 0.6 is 0 Å². The Balaban J connectivity index is 1.38. The number of imidazole rings is 1. The van der Waals surface area contributed by atoms with Crippen molar-refractivity contribution >= 4 is 21.9 Å². The molecule has 0 atom stereocenters. The predicted octanol–water partition coefficient (Wildman–Crippen LogP) is 15.5. The summed E-state index contributed by atoms with van der Waals surface area (Å²) in [7, 11) is 0. The second kappa shape index (κ2) is 15.3. The quantitative estimate of drug-likeness (QED) is 0.182. The number of pyridine rings is 1. The number of benzene rings is 7. The standard InChI is InChI=1S/C58H55N3O/c1-56(2,3)43-28-29-50(46(34-43)38-21-14-11-15-22-38)61-51-27-17-26-45(53(51)60-55(61)48-35-44(57(4,5)6)36-49(54(48)62)58(7,8)9)39-23-16-24-40(31-39)47-33-42(37-19-12-10-13-20-37)32-41-25-18-30-59-52(41)47/h10-36,62H,1-9H3/i11D,14D,15D,21D,22D. The van der Waals surface area contributed by atoms with Crippen LogP contribution in [0.25, 0.3) is 83.5 Å². The second-order valence-corrected chi connectivity index (χ2v) is 19.4. The molecule has 0 radical (unpaired) electrons. The lowest BCUT2D eigenvalue weighted by Gasteiger charge is -2.28.